The zero-order valence-electron chi connectivity index (χ0n) is 20.2. The average molecular weight is 465 g/mol. The van der Waals surface area contributed by atoms with Gasteiger partial charge in [0.05, 0.1) is 0 Å². The first-order valence-electron chi connectivity index (χ1n) is 12.2. The van der Waals surface area contributed by atoms with Crippen molar-refractivity contribution in [3.63, 3.8) is 0 Å². The van der Waals surface area contributed by atoms with E-state index in [0.29, 0.717) is 32.5 Å². The van der Waals surface area contributed by atoms with Crippen LogP contribution in [0.2, 0.25) is 0 Å². The van der Waals surface area contributed by atoms with Gasteiger partial charge in [-0.25, -0.2) is 9.69 Å². The Morgan fingerprint density at radius 3 is 2.21 bits per heavy atom. The van der Waals surface area contributed by atoms with Crippen molar-refractivity contribution in [1.82, 2.24) is 15.1 Å². The fraction of sp³-hybridized carbons (Fsp3) is 0.444. The quantitative estimate of drug-likeness (QED) is 0.370. The van der Waals surface area contributed by atoms with Gasteiger partial charge in [-0.3, -0.25) is 9.59 Å². The topological polar surface area (TPSA) is 95.7 Å². The lowest BCUT2D eigenvalue weighted by Crippen LogP contribution is -2.53. The maximum absolute atomic E-state index is 13.6. The number of hydrogen-bond acceptors (Lipinski definition) is 4. The molecule has 3 N–H and O–H groups in total. The molecular weight excluding hydrogens is 428 g/mol. The van der Waals surface area contributed by atoms with Crippen molar-refractivity contribution in [1.29, 1.82) is 0 Å². The minimum Gasteiger partial charge on any atom is -0.350 e. The largest absolute Gasteiger partial charge is 0.350 e. The van der Waals surface area contributed by atoms with Gasteiger partial charge < -0.3 is 16.0 Å². The molecule has 3 atom stereocenters. The summed E-state index contributed by atoms with van der Waals surface area (Å²) in [5.41, 5.74) is 7.57. The van der Waals surface area contributed by atoms with E-state index in [-0.39, 0.29) is 17.7 Å². The number of amides is 4. The van der Waals surface area contributed by atoms with Gasteiger partial charge in [-0.2, -0.15) is 0 Å². The molecule has 7 heteroatoms. The first-order valence-corrected chi connectivity index (χ1v) is 12.2. The Morgan fingerprint density at radius 2 is 1.62 bits per heavy atom. The molecule has 2 aromatic carbocycles. The van der Waals surface area contributed by atoms with Crippen molar-refractivity contribution in [3.8, 4) is 0 Å². The summed E-state index contributed by atoms with van der Waals surface area (Å²) < 4.78 is 0. The van der Waals surface area contributed by atoms with Crippen LogP contribution in [0.5, 0.6) is 0 Å². The molecule has 34 heavy (non-hydrogen) atoms. The predicted octanol–water partition coefficient (Wildman–Crippen LogP) is 3.68. The van der Waals surface area contributed by atoms with Gasteiger partial charge in [0.25, 0.3) is 5.91 Å². The number of benzene rings is 2. The Labute approximate surface area is 202 Å². The lowest BCUT2D eigenvalue weighted by atomic mass is 9.96. The van der Waals surface area contributed by atoms with Crippen LogP contribution in [-0.2, 0) is 22.7 Å². The van der Waals surface area contributed by atoms with E-state index in [0.717, 1.165) is 24.0 Å². The lowest BCUT2D eigenvalue weighted by Gasteiger charge is -2.29. The molecule has 0 saturated carbocycles. The van der Waals surface area contributed by atoms with Crippen LogP contribution in [0.1, 0.15) is 50.7 Å². The molecule has 1 aliphatic heterocycles. The van der Waals surface area contributed by atoms with Crippen molar-refractivity contribution in [2.75, 3.05) is 6.54 Å². The Hall–Kier alpha value is -3.19. The molecule has 0 bridgehead atoms. The Bertz CT molecular complexity index is 951. The number of nitrogens with zero attached hydrogens (tertiary/aromatic N) is 2. The molecule has 182 valence electrons. The maximum atomic E-state index is 13.6. The van der Waals surface area contributed by atoms with E-state index in [1.54, 1.807) is 4.90 Å². The van der Waals surface area contributed by atoms with Gasteiger partial charge in [0, 0.05) is 13.1 Å². The molecule has 1 saturated heterocycles. The van der Waals surface area contributed by atoms with Gasteiger partial charge in [-0.15, -0.1) is 0 Å². The summed E-state index contributed by atoms with van der Waals surface area (Å²) in [5.74, 6) is -0.773. The van der Waals surface area contributed by atoms with E-state index in [9.17, 15) is 14.4 Å². The van der Waals surface area contributed by atoms with E-state index in [1.165, 1.54) is 4.90 Å². The minimum atomic E-state index is -0.855. The molecule has 0 aliphatic carbocycles. The van der Waals surface area contributed by atoms with E-state index >= 15 is 0 Å². The maximum Gasteiger partial charge on any atom is 0.328 e. The molecule has 1 fully saturated rings. The summed E-state index contributed by atoms with van der Waals surface area (Å²) in [5, 5.41) is 2.94. The number of imide groups is 1. The number of urea groups is 1. The number of nitrogens with one attached hydrogen (secondary N) is 1. The highest BCUT2D eigenvalue weighted by Crippen LogP contribution is 2.29. The SMILES string of the molecule is CC[C@@H](C)[C@H](C(=O)NCc1ccccc1)N1C(=O)[C@@H](CCCCN)N(Cc2ccccc2)C1=O. The summed E-state index contributed by atoms with van der Waals surface area (Å²) in [4.78, 5) is 43.4. The summed E-state index contributed by atoms with van der Waals surface area (Å²) in [6.45, 7) is 5.09. The zero-order chi connectivity index (χ0) is 24.5. The number of carbonyl (C=O) groups is 3. The summed E-state index contributed by atoms with van der Waals surface area (Å²) in [6, 6.07) is 17.4. The van der Waals surface area contributed by atoms with Gasteiger partial charge in [0.2, 0.25) is 5.91 Å². The van der Waals surface area contributed by atoms with E-state index in [2.05, 4.69) is 5.32 Å². The van der Waals surface area contributed by atoms with Crippen molar-refractivity contribution >= 4 is 17.8 Å². The Balaban J connectivity index is 1.85. The summed E-state index contributed by atoms with van der Waals surface area (Å²) >= 11 is 0. The number of carbonyl (C=O) groups excluding carboxylic acids is 3. The van der Waals surface area contributed by atoms with Crippen LogP contribution in [0.3, 0.4) is 0 Å². The normalized spacial score (nSPS) is 17.7. The molecule has 2 aromatic rings. The van der Waals surface area contributed by atoms with Crippen LogP contribution < -0.4 is 11.1 Å². The molecule has 0 unspecified atom stereocenters. The third kappa shape index (κ3) is 6.03. The van der Waals surface area contributed by atoms with Gasteiger partial charge in [0.1, 0.15) is 12.1 Å². The van der Waals surface area contributed by atoms with Crippen molar-refractivity contribution in [3.05, 3.63) is 71.8 Å². The van der Waals surface area contributed by atoms with Gasteiger partial charge in [-0.05, 0) is 42.9 Å². The Kier molecular flexibility index (Phi) is 9.22. The highest BCUT2D eigenvalue weighted by Gasteiger charge is 2.50. The van der Waals surface area contributed by atoms with Crippen LogP contribution in [0.25, 0.3) is 0 Å². The van der Waals surface area contributed by atoms with E-state index in [1.807, 2.05) is 74.5 Å². The molecule has 1 heterocycles. The zero-order valence-corrected chi connectivity index (χ0v) is 20.2. The van der Waals surface area contributed by atoms with E-state index in [4.69, 9.17) is 5.73 Å². The van der Waals surface area contributed by atoms with Crippen LogP contribution in [0, 0.1) is 5.92 Å². The first-order chi connectivity index (χ1) is 16.5. The second-order valence-electron chi connectivity index (χ2n) is 8.94. The van der Waals surface area contributed by atoms with Gasteiger partial charge in [-0.1, -0.05) is 80.9 Å². The molecular formula is C27H36N4O3. The average Bonchev–Trinajstić information content (AvgIpc) is 3.08. The number of nitrogens with two attached hydrogens (primary N) is 1. The lowest BCUT2D eigenvalue weighted by molar-refractivity contribution is -0.138. The number of unbranched alkanes of at least 4 members (excludes halogenated alkanes) is 1. The Morgan fingerprint density at radius 1 is 1.00 bits per heavy atom. The molecule has 0 aromatic heterocycles. The smallest absolute Gasteiger partial charge is 0.328 e. The summed E-state index contributed by atoms with van der Waals surface area (Å²) in [6.07, 6.45) is 2.72. The second kappa shape index (κ2) is 12.3. The third-order valence-corrected chi connectivity index (χ3v) is 6.52. The van der Waals surface area contributed by atoms with Crippen LogP contribution in [0.15, 0.2) is 60.7 Å². The fourth-order valence-electron chi connectivity index (χ4n) is 4.38. The van der Waals surface area contributed by atoms with Crippen LogP contribution in [-0.4, -0.2) is 46.3 Å². The second-order valence-corrected chi connectivity index (χ2v) is 8.94. The van der Waals surface area contributed by atoms with Crippen molar-refractivity contribution < 1.29 is 14.4 Å². The molecule has 1 aliphatic rings. The van der Waals surface area contributed by atoms with Crippen molar-refractivity contribution in [2.45, 2.75) is 64.7 Å². The molecule has 4 amide bonds. The molecule has 0 radical (unpaired) electrons. The monoisotopic (exact) mass is 464 g/mol. The standard InChI is InChI=1S/C27H36N4O3/c1-3-20(2)24(25(32)29-18-21-12-6-4-7-13-21)31-26(33)23(16-10-11-17-28)30(27(31)34)19-22-14-8-5-9-15-22/h4-9,12-15,20,23-24H,3,10-11,16-19,28H2,1-2H3,(H,29,32)/t20-,23-,24-/m1/s1. The minimum absolute atomic E-state index is 0.176. The number of hydrogen-bond donors (Lipinski definition) is 2. The van der Waals surface area contributed by atoms with Gasteiger partial charge in [0.15, 0.2) is 0 Å². The summed E-state index contributed by atoms with van der Waals surface area (Å²) in [7, 11) is 0. The molecule has 3 rings (SSSR count). The van der Waals surface area contributed by atoms with Crippen LogP contribution >= 0.6 is 0 Å². The highest BCUT2D eigenvalue weighted by atomic mass is 16.2. The van der Waals surface area contributed by atoms with Gasteiger partial charge >= 0.3 is 6.03 Å². The first kappa shape index (κ1) is 25.4. The fourth-order valence-corrected chi connectivity index (χ4v) is 4.38. The highest BCUT2D eigenvalue weighted by molar-refractivity contribution is 6.07. The molecule has 7 nitrogen and oxygen atoms in total. The number of rotatable bonds is 12. The third-order valence-electron chi connectivity index (χ3n) is 6.52. The predicted molar refractivity (Wildman–Crippen MR) is 132 cm³/mol. The van der Waals surface area contributed by atoms with Crippen molar-refractivity contribution in [2.24, 2.45) is 11.7 Å². The van der Waals surface area contributed by atoms with Crippen LogP contribution in [0.4, 0.5) is 4.79 Å². The molecule has 0 spiro atoms. The van der Waals surface area contributed by atoms with E-state index < -0.39 is 18.1 Å².